The number of carbonyl (C=O) groups is 2. The fraction of sp³-hybridized carbons (Fsp3) is 0.950. The van der Waals surface area contributed by atoms with Gasteiger partial charge in [0.15, 0.2) is 0 Å². The van der Waals surface area contributed by atoms with Crippen LogP contribution in [0.3, 0.4) is 0 Å². The van der Waals surface area contributed by atoms with E-state index in [1.807, 2.05) is 6.92 Å². The van der Waals surface area contributed by atoms with Crippen LogP contribution >= 0.6 is 0 Å². The second-order valence-corrected chi connectivity index (χ2v) is 13.9. The number of carbonyl (C=O) groups excluding carboxylic acids is 2. The normalized spacial score (nSPS) is 12.8. The van der Waals surface area contributed by atoms with E-state index in [9.17, 15) is 14.7 Å². The summed E-state index contributed by atoms with van der Waals surface area (Å²) in [5.41, 5.74) is 0. The van der Waals surface area contributed by atoms with Crippen molar-refractivity contribution in [2.24, 2.45) is 11.8 Å². The first kappa shape index (κ1) is 44.9. The Morgan fingerprint density at radius 2 is 0.891 bits per heavy atom. The van der Waals surface area contributed by atoms with Gasteiger partial charge >= 0.3 is 11.9 Å². The summed E-state index contributed by atoms with van der Waals surface area (Å²) in [6.45, 7) is 12.7. The van der Waals surface area contributed by atoms with E-state index in [-0.39, 0.29) is 30.4 Å². The molecule has 0 bridgehead atoms. The molecule has 0 heterocycles. The van der Waals surface area contributed by atoms with Gasteiger partial charge in [0.05, 0.1) is 31.7 Å². The van der Waals surface area contributed by atoms with Crippen molar-refractivity contribution in [3.63, 3.8) is 0 Å². The maximum Gasteiger partial charge on any atom is 0.308 e. The van der Waals surface area contributed by atoms with Crippen molar-refractivity contribution in [1.29, 1.82) is 0 Å². The van der Waals surface area contributed by atoms with Gasteiger partial charge in [-0.1, -0.05) is 150 Å². The maximum absolute atomic E-state index is 12.9. The monoisotopic (exact) mass is 654 g/mol. The van der Waals surface area contributed by atoms with Gasteiger partial charge in [-0.25, -0.2) is 0 Å². The Balaban J connectivity index is 4.07. The van der Waals surface area contributed by atoms with E-state index < -0.39 is 0 Å². The van der Waals surface area contributed by atoms with Crippen LogP contribution in [0.4, 0.5) is 0 Å². The van der Waals surface area contributed by atoms with Crippen molar-refractivity contribution in [2.45, 2.75) is 195 Å². The third-order valence-corrected chi connectivity index (χ3v) is 9.43. The van der Waals surface area contributed by atoms with Gasteiger partial charge < -0.3 is 19.5 Å². The highest BCUT2D eigenvalue weighted by Gasteiger charge is 2.19. The van der Waals surface area contributed by atoms with Crippen molar-refractivity contribution in [3.8, 4) is 0 Å². The first-order valence-electron chi connectivity index (χ1n) is 20.2. The topological polar surface area (TPSA) is 76.1 Å². The summed E-state index contributed by atoms with van der Waals surface area (Å²) in [7, 11) is 0. The van der Waals surface area contributed by atoms with Crippen LogP contribution in [0.2, 0.25) is 0 Å². The molecule has 0 rings (SSSR count). The summed E-state index contributed by atoms with van der Waals surface area (Å²) in [5, 5.41) is 9.51. The number of nitrogens with zero attached hydrogens (tertiary/aromatic N) is 1. The number of aliphatic hydroxyl groups is 1. The summed E-state index contributed by atoms with van der Waals surface area (Å²) in [5.74, 6) is 0.106. The number of aliphatic hydroxyl groups excluding tert-OH is 1. The highest BCUT2D eigenvalue weighted by atomic mass is 16.5. The molecule has 46 heavy (non-hydrogen) atoms. The second-order valence-electron chi connectivity index (χ2n) is 13.9. The molecule has 0 aliphatic rings. The maximum atomic E-state index is 12.9. The Labute approximate surface area is 286 Å². The largest absolute Gasteiger partial charge is 0.465 e. The molecule has 1 N–H and O–H groups in total. The van der Waals surface area contributed by atoms with Crippen LogP contribution < -0.4 is 0 Å². The Bertz CT molecular complexity index is 658. The summed E-state index contributed by atoms with van der Waals surface area (Å²) in [4.78, 5) is 27.4. The van der Waals surface area contributed by atoms with E-state index in [2.05, 4.69) is 25.7 Å². The SMILES string of the molecule is CCCCCCCCCC(CCCCCCC)C(=O)OCCCCCCN(CCO)CCCCCCOC(=O)C(C)CCCCC. The van der Waals surface area contributed by atoms with E-state index in [0.717, 1.165) is 110 Å². The molecule has 6 nitrogen and oxygen atoms in total. The van der Waals surface area contributed by atoms with Crippen LogP contribution in [0.5, 0.6) is 0 Å². The number of unbranched alkanes of at least 4 members (excludes halogenated alkanes) is 18. The van der Waals surface area contributed by atoms with Gasteiger partial charge in [-0.05, 0) is 58.0 Å². The van der Waals surface area contributed by atoms with E-state index in [0.29, 0.717) is 13.2 Å². The van der Waals surface area contributed by atoms with Crippen LogP contribution in [0.25, 0.3) is 0 Å². The van der Waals surface area contributed by atoms with E-state index >= 15 is 0 Å². The molecular weight excluding hydrogens is 574 g/mol. The number of hydrogen-bond donors (Lipinski definition) is 1. The molecule has 0 saturated carbocycles. The lowest BCUT2D eigenvalue weighted by Crippen LogP contribution is -2.29. The van der Waals surface area contributed by atoms with Crippen LogP contribution in [-0.4, -0.2) is 61.4 Å². The average Bonchev–Trinajstić information content (AvgIpc) is 3.05. The molecule has 2 unspecified atom stereocenters. The fourth-order valence-corrected chi connectivity index (χ4v) is 6.21. The Hall–Kier alpha value is -1.14. The van der Waals surface area contributed by atoms with E-state index in [4.69, 9.17) is 9.47 Å². The summed E-state index contributed by atoms with van der Waals surface area (Å²) >= 11 is 0. The van der Waals surface area contributed by atoms with Crippen LogP contribution in [0, 0.1) is 11.8 Å². The van der Waals surface area contributed by atoms with Crippen LogP contribution in [-0.2, 0) is 19.1 Å². The molecule has 0 aliphatic carbocycles. The molecule has 274 valence electrons. The number of hydrogen-bond acceptors (Lipinski definition) is 6. The van der Waals surface area contributed by atoms with Gasteiger partial charge in [-0.15, -0.1) is 0 Å². The molecule has 0 spiro atoms. The van der Waals surface area contributed by atoms with Crippen molar-refractivity contribution in [1.82, 2.24) is 4.90 Å². The number of esters is 2. The molecule has 0 saturated heterocycles. The molecule has 6 heteroatoms. The minimum atomic E-state index is -0.0421. The summed E-state index contributed by atoms with van der Waals surface area (Å²) in [6, 6.07) is 0. The smallest absolute Gasteiger partial charge is 0.308 e. The predicted molar refractivity (Wildman–Crippen MR) is 195 cm³/mol. The van der Waals surface area contributed by atoms with E-state index in [1.165, 1.54) is 77.0 Å². The lowest BCUT2D eigenvalue weighted by molar-refractivity contribution is -0.149. The molecule has 0 aliphatic heterocycles. The Morgan fingerprint density at radius 1 is 0.500 bits per heavy atom. The quantitative estimate of drug-likeness (QED) is 0.0536. The molecular formula is C40H79NO5. The minimum absolute atomic E-state index is 0.0143. The zero-order valence-electron chi connectivity index (χ0n) is 31.3. The van der Waals surface area contributed by atoms with Gasteiger partial charge in [0.1, 0.15) is 0 Å². The van der Waals surface area contributed by atoms with Crippen molar-refractivity contribution in [2.75, 3.05) is 39.5 Å². The van der Waals surface area contributed by atoms with Crippen molar-refractivity contribution in [3.05, 3.63) is 0 Å². The highest BCUT2D eigenvalue weighted by molar-refractivity contribution is 5.72. The van der Waals surface area contributed by atoms with Crippen molar-refractivity contribution >= 4 is 11.9 Å². The van der Waals surface area contributed by atoms with Gasteiger partial charge in [0, 0.05) is 6.54 Å². The van der Waals surface area contributed by atoms with Gasteiger partial charge in [-0.2, -0.15) is 0 Å². The lowest BCUT2D eigenvalue weighted by Gasteiger charge is -2.21. The third-order valence-electron chi connectivity index (χ3n) is 9.43. The average molecular weight is 654 g/mol. The first-order chi connectivity index (χ1) is 22.5. The molecule has 0 amide bonds. The standard InChI is InChI=1S/C40H79NO5/c1-5-8-11-13-14-16-23-30-38(29-22-15-12-9-6-2)40(44)46-36-27-20-18-25-32-41(33-34-42)31-24-17-19-26-35-45-39(43)37(4)28-21-10-7-3/h37-38,42H,5-36H2,1-4H3. The molecule has 0 radical (unpaired) electrons. The highest BCUT2D eigenvalue weighted by Crippen LogP contribution is 2.21. The fourth-order valence-electron chi connectivity index (χ4n) is 6.21. The second kappa shape index (κ2) is 35.2. The molecule has 2 atom stereocenters. The lowest BCUT2D eigenvalue weighted by atomic mass is 9.94. The predicted octanol–water partition coefficient (Wildman–Crippen LogP) is 10.8. The Kier molecular flexibility index (Phi) is 34.3. The molecule has 0 aromatic carbocycles. The van der Waals surface area contributed by atoms with Gasteiger partial charge in [0.25, 0.3) is 0 Å². The third kappa shape index (κ3) is 29.0. The zero-order valence-corrected chi connectivity index (χ0v) is 31.3. The Morgan fingerprint density at radius 3 is 1.39 bits per heavy atom. The summed E-state index contributed by atoms with van der Waals surface area (Å²) < 4.78 is 11.3. The van der Waals surface area contributed by atoms with Crippen molar-refractivity contribution < 1.29 is 24.2 Å². The first-order valence-corrected chi connectivity index (χ1v) is 20.2. The van der Waals surface area contributed by atoms with Gasteiger partial charge in [-0.3, -0.25) is 9.59 Å². The van der Waals surface area contributed by atoms with Gasteiger partial charge in [0.2, 0.25) is 0 Å². The summed E-state index contributed by atoms with van der Waals surface area (Å²) in [6.07, 6.45) is 30.1. The number of rotatable bonds is 36. The minimum Gasteiger partial charge on any atom is -0.465 e. The number of ether oxygens (including phenoxy) is 2. The van der Waals surface area contributed by atoms with Crippen LogP contribution in [0.15, 0.2) is 0 Å². The molecule has 0 fully saturated rings. The zero-order chi connectivity index (χ0) is 33.9. The molecule has 0 aromatic heterocycles. The van der Waals surface area contributed by atoms with Crippen LogP contribution in [0.1, 0.15) is 195 Å². The van der Waals surface area contributed by atoms with E-state index in [1.54, 1.807) is 0 Å². The molecule has 0 aromatic rings.